The number of aromatic nitrogens is 2. The Hall–Kier alpha value is -1.39. The SMILES string of the molecule is CCc1cc(CC(N)c2cccc(Cl)c2F)n(C)n1. The first kappa shape index (κ1) is 14.0. The van der Waals surface area contributed by atoms with Gasteiger partial charge in [0.15, 0.2) is 0 Å². The van der Waals surface area contributed by atoms with Crippen LogP contribution >= 0.6 is 11.6 Å². The zero-order chi connectivity index (χ0) is 14.0. The van der Waals surface area contributed by atoms with Crippen LogP contribution in [-0.2, 0) is 19.9 Å². The molecular formula is C14H17ClFN3. The summed E-state index contributed by atoms with van der Waals surface area (Å²) in [5.41, 5.74) is 8.51. The molecule has 0 fully saturated rings. The fraction of sp³-hybridized carbons (Fsp3) is 0.357. The van der Waals surface area contributed by atoms with E-state index in [0.29, 0.717) is 12.0 Å². The quantitative estimate of drug-likeness (QED) is 0.936. The molecule has 0 radical (unpaired) electrons. The molecule has 1 aromatic heterocycles. The molecule has 2 N–H and O–H groups in total. The van der Waals surface area contributed by atoms with E-state index in [9.17, 15) is 4.39 Å². The van der Waals surface area contributed by atoms with Crippen LogP contribution in [0.15, 0.2) is 24.3 Å². The second-order valence-electron chi connectivity index (χ2n) is 4.56. The van der Waals surface area contributed by atoms with Gasteiger partial charge in [-0.05, 0) is 18.6 Å². The van der Waals surface area contributed by atoms with Gasteiger partial charge >= 0.3 is 0 Å². The van der Waals surface area contributed by atoms with Crippen LogP contribution in [0.2, 0.25) is 5.02 Å². The van der Waals surface area contributed by atoms with Gasteiger partial charge in [-0.2, -0.15) is 5.10 Å². The maximum absolute atomic E-state index is 13.9. The predicted molar refractivity (Wildman–Crippen MR) is 74.6 cm³/mol. The summed E-state index contributed by atoms with van der Waals surface area (Å²) in [6.07, 6.45) is 1.40. The van der Waals surface area contributed by atoms with Crippen LogP contribution in [0.1, 0.15) is 29.9 Å². The van der Waals surface area contributed by atoms with Gasteiger partial charge < -0.3 is 5.73 Å². The topological polar surface area (TPSA) is 43.8 Å². The number of nitrogens with zero attached hydrogens (tertiary/aromatic N) is 2. The molecule has 0 spiro atoms. The van der Waals surface area contributed by atoms with Crippen molar-refractivity contribution < 1.29 is 4.39 Å². The third-order valence-corrected chi connectivity index (χ3v) is 3.49. The van der Waals surface area contributed by atoms with Crippen molar-refractivity contribution in [2.75, 3.05) is 0 Å². The van der Waals surface area contributed by atoms with Gasteiger partial charge in [0.25, 0.3) is 0 Å². The molecule has 3 nitrogen and oxygen atoms in total. The van der Waals surface area contributed by atoms with Crippen molar-refractivity contribution in [3.63, 3.8) is 0 Å². The number of nitrogens with two attached hydrogens (primary N) is 1. The van der Waals surface area contributed by atoms with Crippen LogP contribution in [0.5, 0.6) is 0 Å². The molecule has 19 heavy (non-hydrogen) atoms. The molecule has 0 aliphatic heterocycles. The van der Waals surface area contributed by atoms with Gasteiger partial charge in [-0.15, -0.1) is 0 Å². The van der Waals surface area contributed by atoms with E-state index in [4.69, 9.17) is 17.3 Å². The number of hydrogen-bond donors (Lipinski definition) is 1. The predicted octanol–water partition coefficient (Wildman–Crippen LogP) is 3.02. The van der Waals surface area contributed by atoms with Crippen molar-refractivity contribution in [1.29, 1.82) is 0 Å². The third kappa shape index (κ3) is 2.96. The highest BCUT2D eigenvalue weighted by Gasteiger charge is 2.16. The fourth-order valence-electron chi connectivity index (χ4n) is 2.08. The lowest BCUT2D eigenvalue weighted by atomic mass is 10.0. The van der Waals surface area contributed by atoms with Crippen LogP contribution in [0.3, 0.4) is 0 Å². The molecule has 5 heteroatoms. The van der Waals surface area contributed by atoms with Crippen molar-refractivity contribution in [3.8, 4) is 0 Å². The smallest absolute Gasteiger partial charge is 0.146 e. The Kier molecular flexibility index (Phi) is 4.22. The van der Waals surface area contributed by atoms with E-state index >= 15 is 0 Å². The molecular weight excluding hydrogens is 265 g/mol. The Balaban J connectivity index is 2.22. The molecule has 0 amide bonds. The summed E-state index contributed by atoms with van der Waals surface area (Å²) in [6.45, 7) is 2.04. The van der Waals surface area contributed by atoms with E-state index < -0.39 is 11.9 Å². The summed E-state index contributed by atoms with van der Waals surface area (Å²) in [4.78, 5) is 0. The number of halogens is 2. The van der Waals surface area contributed by atoms with E-state index in [1.807, 2.05) is 20.0 Å². The summed E-state index contributed by atoms with van der Waals surface area (Å²) in [5, 5.41) is 4.46. The summed E-state index contributed by atoms with van der Waals surface area (Å²) in [5.74, 6) is -0.436. The molecule has 2 aromatic rings. The summed E-state index contributed by atoms with van der Waals surface area (Å²) < 4.78 is 15.7. The van der Waals surface area contributed by atoms with Crippen LogP contribution in [0.4, 0.5) is 4.39 Å². The molecule has 0 aliphatic carbocycles. The van der Waals surface area contributed by atoms with Crippen LogP contribution in [0.25, 0.3) is 0 Å². The molecule has 1 atom stereocenters. The molecule has 0 saturated heterocycles. The number of rotatable bonds is 4. The van der Waals surface area contributed by atoms with Gasteiger partial charge in [-0.1, -0.05) is 30.7 Å². The largest absolute Gasteiger partial charge is 0.324 e. The van der Waals surface area contributed by atoms with Gasteiger partial charge in [-0.3, -0.25) is 4.68 Å². The first-order valence-electron chi connectivity index (χ1n) is 6.24. The zero-order valence-electron chi connectivity index (χ0n) is 11.0. The molecule has 0 saturated carbocycles. The van der Waals surface area contributed by atoms with E-state index in [1.165, 1.54) is 6.07 Å². The third-order valence-electron chi connectivity index (χ3n) is 3.20. The monoisotopic (exact) mass is 281 g/mol. The highest BCUT2D eigenvalue weighted by molar-refractivity contribution is 6.30. The van der Waals surface area contributed by atoms with Crippen molar-refractivity contribution >= 4 is 11.6 Å². The molecule has 0 aliphatic rings. The molecule has 1 aromatic carbocycles. The van der Waals surface area contributed by atoms with Gasteiger partial charge in [0.2, 0.25) is 0 Å². The Morgan fingerprint density at radius 2 is 2.21 bits per heavy atom. The summed E-state index contributed by atoms with van der Waals surface area (Å²) >= 11 is 5.77. The highest BCUT2D eigenvalue weighted by Crippen LogP contribution is 2.24. The Bertz CT molecular complexity index is 580. The number of aryl methyl sites for hydroxylation is 2. The summed E-state index contributed by atoms with van der Waals surface area (Å²) in [7, 11) is 1.87. The normalized spacial score (nSPS) is 12.7. The van der Waals surface area contributed by atoms with E-state index in [1.54, 1.807) is 16.8 Å². The minimum Gasteiger partial charge on any atom is -0.324 e. The summed E-state index contributed by atoms with van der Waals surface area (Å²) in [6, 6.07) is 6.47. The van der Waals surface area contributed by atoms with Gasteiger partial charge in [0.1, 0.15) is 5.82 Å². The van der Waals surface area contributed by atoms with Gasteiger partial charge in [-0.25, -0.2) is 4.39 Å². The molecule has 2 rings (SSSR count). The lowest BCUT2D eigenvalue weighted by Crippen LogP contribution is -2.17. The Labute approximate surface area is 117 Å². The van der Waals surface area contributed by atoms with Crippen LogP contribution < -0.4 is 5.73 Å². The minimum atomic E-state index is -0.436. The molecule has 1 heterocycles. The lowest BCUT2D eigenvalue weighted by molar-refractivity contribution is 0.569. The molecule has 0 bridgehead atoms. The second-order valence-corrected chi connectivity index (χ2v) is 4.97. The minimum absolute atomic E-state index is 0.104. The average Bonchev–Trinajstić information content (AvgIpc) is 2.73. The van der Waals surface area contributed by atoms with E-state index in [2.05, 4.69) is 5.10 Å². The Morgan fingerprint density at radius 1 is 1.47 bits per heavy atom. The van der Waals surface area contributed by atoms with Gasteiger partial charge in [0, 0.05) is 30.8 Å². The van der Waals surface area contributed by atoms with Crippen LogP contribution in [-0.4, -0.2) is 9.78 Å². The van der Waals surface area contributed by atoms with Crippen molar-refractivity contribution in [2.24, 2.45) is 12.8 Å². The van der Waals surface area contributed by atoms with E-state index in [0.717, 1.165) is 17.8 Å². The maximum atomic E-state index is 13.9. The maximum Gasteiger partial charge on any atom is 0.146 e. The lowest BCUT2D eigenvalue weighted by Gasteiger charge is -2.13. The first-order chi connectivity index (χ1) is 9.02. The van der Waals surface area contributed by atoms with Crippen molar-refractivity contribution in [1.82, 2.24) is 9.78 Å². The number of hydrogen-bond acceptors (Lipinski definition) is 2. The standard InChI is InChI=1S/C14H17ClFN3/c1-3-9-7-10(19(2)18-9)8-13(17)11-5-4-6-12(15)14(11)16/h4-7,13H,3,8,17H2,1-2H3. The van der Waals surface area contributed by atoms with Gasteiger partial charge in [0.05, 0.1) is 10.7 Å². The zero-order valence-corrected chi connectivity index (χ0v) is 11.8. The second kappa shape index (κ2) is 5.72. The molecule has 102 valence electrons. The van der Waals surface area contributed by atoms with Crippen molar-refractivity contribution in [3.05, 3.63) is 52.1 Å². The Morgan fingerprint density at radius 3 is 2.84 bits per heavy atom. The average molecular weight is 282 g/mol. The number of benzene rings is 1. The van der Waals surface area contributed by atoms with E-state index in [-0.39, 0.29) is 5.02 Å². The first-order valence-corrected chi connectivity index (χ1v) is 6.62. The van der Waals surface area contributed by atoms with Crippen LogP contribution in [0, 0.1) is 5.82 Å². The fourth-order valence-corrected chi connectivity index (χ4v) is 2.26. The highest BCUT2D eigenvalue weighted by atomic mass is 35.5. The molecule has 1 unspecified atom stereocenters. The van der Waals surface area contributed by atoms with Crippen molar-refractivity contribution in [2.45, 2.75) is 25.8 Å².